The zero-order valence-corrected chi connectivity index (χ0v) is 52.3. The van der Waals surface area contributed by atoms with Crippen molar-refractivity contribution in [2.75, 3.05) is 19.8 Å². The van der Waals surface area contributed by atoms with Gasteiger partial charge in [-0.05, 0) is 154 Å². The molecule has 3 aliphatic heterocycles. The molecule has 10 aliphatic rings. The molecule has 464 valence electrons. The molecule has 3 amide bonds. The van der Waals surface area contributed by atoms with E-state index in [9.17, 15) is 19.2 Å². The number of nitriles is 1. The molecule has 3 N–H and O–H groups in total. The van der Waals surface area contributed by atoms with E-state index in [4.69, 9.17) is 53.9 Å². The first kappa shape index (κ1) is 63.4. The quantitative estimate of drug-likeness (QED) is 0.0411. The molecule has 2 aromatic carbocycles. The van der Waals surface area contributed by atoms with Gasteiger partial charge in [0.05, 0.1) is 67.0 Å². The summed E-state index contributed by atoms with van der Waals surface area (Å²) in [7, 11) is -1.16. The molecule has 7 aliphatic carbocycles. The molecule has 10 fully saturated rings. The number of hydrogen-bond acceptors (Lipinski definition) is 13. The number of carbonyl (C=O) groups is 4. The highest BCUT2D eigenvalue weighted by Gasteiger charge is 2.70. The molecule has 11 atom stereocenters. The van der Waals surface area contributed by atoms with Gasteiger partial charge in [-0.2, -0.15) is 5.26 Å². The molecule has 0 radical (unpaired) electrons. The van der Waals surface area contributed by atoms with Gasteiger partial charge in [0.1, 0.15) is 29.4 Å². The number of furan rings is 2. The number of amides is 3. The lowest BCUT2D eigenvalue weighted by Crippen LogP contribution is -2.65. The second-order valence-corrected chi connectivity index (χ2v) is 27.9. The average Bonchev–Trinajstić information content (AvgIpc) is 1.69. The Hall–Kier alpha value is -6.57. The predicted octanol–water partition coefficient (Wildman–Crippen LogP) is 12.5. The highest BCUT2D eigenvalue weighted by atomic mass is 16.7. The summed E-state index contributed by atoms with van der Waals surface area (Å²) in [6.45, 7) is 29.8. The number of carboxylic acids is 1. The number of nitrogens with one attached hydrogen (secondary N) is 2. The van der Waals surface area contributed by atoms with Crippen molar-refractivity contribution in [1.82, 2.24) is 15.5 Å². The van der Waals surface area contributed by atoms with Crippen molar-refractivity contribution in [3.63, 3.8) is 0 Å². The third-order valence-electron chi connectivity index (χ3n) is 20.9. The maximum Gasteiger partial charge on any atom is 0.482 e. The standard InChI is InChI=1S/C33H42BN3O6.C27H36BNO5.C7H9NO2/c1-20(2)14-25(35-6)30(38)37-13-9-10-23(37)19-41-31(39)36-29(15-21-18-40-26-12-8-7-11-24(21)26)34-42-28-17-22-16-27(32(22,3)4)33(28,5)43-34;1-26(2)19-13-22(26)27(3)23(14-19)33-28(34-27)24(29-25(30)32-15-17-8-4-5-9-17)12-18-16-31-21-11-7-6-10-20(18)21;1-5(2)3-6(4-8)7(9)10/h7-8,11-12,14,18,20,22-23,27-29H,9-10,13,15-17,19H2,1-5H3,(H,36,39);6-7,10-11,16-17,19,22-24H,4-5,8-9,12-15H2,1-3H3,(H,29,30);3,5H,1-2H3,(H,9,10)/t22-,23+,27-,28+,29-,33-;19-,22-,23+,24-,27-;/m00./s1. The van der Waals surface area contributed by atoms with Crippen LogP contribution in [0.2, 0.25) is 0 Å². The number of carboxylic acid groups (broad SMARTS) is 1. The number of rotatable bonds is 16. The van der Waals surface area contributed by atoms with Crippen LogP contribution in [0.1, 0.15) is 145 Å². The normalized spacial score (nSPS) is 29.0. The van der Waals surface area contributed by atoms with E-state index < -0.39 is 37.8 Å². The van der Waals surface area contributed by atoms with Crippen LogP contribution >= 0.6 is 0 Å². The smallest absolute Gasteiger partial charge is 0.477 e. The van der Waals surface area contributed by atoms with E-state index in [1.807, 2.05) is 70.2 Å². The second-order valence-electron chi connectivity index (χ2n) is 27.9. The van der Waals surface area contributed by atoms with E-state index in [1.54, 1.807) is 29.6 Å². The van der Waals surface area contributed by atoms with Crippen molar-refractivity contribution in [2.24, 2.45) is 52.3 Å². The lowest BCUT2D eigenvalue weighted by molar-refractivity contribution is -0.199. The summed E-state index contributed by atoms with van der Waals surface area (Å²) >= 11 is 0. The van der Waals surface area contributed by atoms with Crippen molar-refractivity contribution in [2.45, 2.75) is 188 Å². The third kappa shape index (κ3) is 13.1. The Bertz CT molecular complexity index is 3320. The topological polar surface area (TPSA) is 226 Å². The number of para-hydroxylation sites is 2. The average molecular weight is 1190 g/mol. The van der Waals surface area contributed by atoms with Crippen LogP contribution in [-0.2, 0) is 50.5 Å². The largest absolute Gasteiger partial charge is 0.482 e. The summed E-state index contributed by atoms with van der Waals surface area (Å²) in [5.74, 6) is 0.499. The van der Waals surface area contributed by atoms with E-state index in [0.717, 1.165) is 71.6 Å². The van der Waals surface area contributed by atoms with E-state index >= 15 is 0 Å². The second kappa shape index (κ2) is 25.9. The van der Waals surface area contributed by atoms with Crippen molar-refractivity contribution < 1.29 is 61.2 Å². The molecule has 4 aromatic rings. The summed E-state index contributed by atoms with van der Waals surface area (Å²) in [4.78, 5) is 54.5. The van der Waals surface area contributed by atoms with Gasteiger partial charge in [0.15, 0.2) is 0 Å². The summed E-state index contributed by atoms with van der Waals surface area (Å²) in [6, 6.07) is 17.1. The molecule has 3 saturated heterocycles. The van der Waals surface area contributed by atoms with E-state index in [-0.39, 0.29) is 82.3 Å². The van der Waals surface area contributed by atoms with Crippen LogP contribution in [0.25, 0.3) is 26.8 Å². The molecule has 2 aromatic heterocycles. The van der Waals surface area contributed by atoms with Crippen molar-refractivity contribution in [1.29, 1.82) is 5.26 Å². The zero-order valence-electron chi connectivity index (χ0n) is 52.3. The lowest BCUT2D eigenvalue weighted by Gasteiger charge is -2.64. The van der Waals surface area contributed by atoms with Gasteiger partial charge in [-0.25, -0.2) is 19.2 Å². The Morgan fingerprint density at radius 1 is 0.724 bits per heavy atom. The molecule has 0 unspecified atom stereocenters. The zero-order chi connectivity index (χ0) is 62.2. The molecule has 7 saturated carbocycles. The van der Waals surface area contributed by atoms with Crippen LogP contribution in [0, 0.1) is 70.2 Å². The number of carbonyl (C=O) groups excluding carboxylic acids is 3. The van der Waals surface area contributed by atoms with Crippen LogP contribution < -0.4 is 10.6 Å². The van der Waals surface area contributed by atoms with Gasteiger partial charge in [-0.15, -0.1) is 0 Å². The number of alkyl carbamates (subject to hydrolysis) is 2. The highest BCUT2D eigenvalue weighted by molar-refractivity contribution is 6.48. The number of fused-ring (bicyclic) bond motifs is 2. The SMILES string of the molecule is CC(C)C=C(C#N)C(=O)O.CC1(C)[C@@H]2C[C@H]3OB([C@H](Cc4coc5ccccc45)NC(=O)OCC4CCCC4)O[C@@]3(C)[C@H]1C2.[C-]#[N+]C(=CC(C)C)C(=O)N1CCC[C@@H]1COC(=O)N[C@@H](Cc1coc2ccccc12)B1O[C@@H]2C[C@@H]3C[C@@H](C3(C)C)[C@]2(C)O1. The molecular formula is C67H87B2N5O13. The minimum Gasteiger partial charge on any atom is -0.477 e. The maximum atomic E-state index is 13.3. The lowest BCUT2D eigenvalue weighted by atomic mass is 9.43. The molecule has 20 heteroatoms. The monoisotopic (exact) mass is 1190 g/mol. The Balaban J connectivity index is 0.000000170. The molecule has 5 heterocycles. The number of hydrogen-bond donors (Lipinski definition) is 3. The Morgan fingerprint density at radius 3 is 1.64 bits per heavy atom. The third-order valence-corrected chi connectivity index (χ3v) is 20.9. The predicted molar refractivity (Wildman–Crippen MR) is 329 cm³/mol. The maximum absolute atomic E-state index is 13.3. The van der Waals surface area contributed by atoms with Crippen LogP contribution in [0.3, 0.4) is 0 Å². The van der Waals surface area contributed by atoms with Gasteiger partial charge in [-0.1, -0.05) is 117 Å². The fourth-order valence-corrected chi connectivity index (χ4v) is 15.7. The number of benzene rings is 2. The van der Waals surface area contributed by atoms with Gasteiger partial charge in [-0.3, -0.25) is 4.79 Å². The van der Waals surface area contributed by atoms with Crippen LogP contribution in [0.4, 0.5) is 9.59 Å². The van der Waals surface area contributed by atoms with Crippen LogP contribution in [0.5, 0.6) is 0 Å². The van der Waals surface area contributed by atoms with Gasteiger partial charge in [0.25, 0.3) is 5.91 Å². The van der Waals surface area contributed by atoms with Gasteiger partial charge in [0.2, 0.25) is 5.70 Å². The number of ether oxygens (including phenoxy) is 2. The van der Waals surface area contributed by atoms with E-state index in [0.29, 0.717) is 62.0 Å². The molecular weight excluding hydrogens is 1100 g/mol. The number of likely N-dealkylation sites (tertiary alicyclic amines) is 1. The minimum absolute atomic E-state index is 0.0238. The first-order valence-corrected chi connectivity index (χ1v) is 31.6. The first-order chi connectivity index (χ1) is 41.4. The fraction of sp³-hybridized carbons (Fsp3) is 0.612. The number of aliphatic carboxylic acids is 1. The summed E-state index contributed by atoms with van der Waals surface area (Å²) in [5, 5.41) is 24.8. The summed E-state index contributed by atoms with van der Waals surface area (Å²) in [6.07, 6.45) is 17.3. The number of allylic oxidation sites excluding steroid dienone is 2. The Labute approximate surface area is 512 Å². The van der Waals surface area contributed by atoms with Gasteiger partial charge < -0.3 is 57.6 Å². The van der Waals surface area contributed by atoms with E-state index in [1.165, 1.54) is 25.3 Å². The highest BCUT2D eigenvalue weighted by Crippen LogP contribution is 2.67. The Morgan fingerprint density at radius 2 is 1.21 bits per heavy atom. The van der Waals surface area contributed by atoms with Crippen molar-refractivity contribution >= 4 is 60.2 Å². The minimum atomic E-state index is -1.16. The summed E-state index contributed by atoms with van der Waals surface area (Å²) in [5.41, 5.74) is 3.28. The number of nitrogens with zero attached hydrogens (tertiary/aromatic N) is 3. The van der Waals surface area contributed by atoms with Gasteiger partial charge >= 0.3 is 32.4 Å². The molecule has 87 heavy (non-hydrogen) atoms. The van der Waals surface area contributed by atoms with Crippen LogP contribution in [0.15, 0.2) is 93.3 Å². The fourth-order valence-electron chi connectivity index (χ4n) is 15.7. The first-order valence-electron chi connectivity index (χ1n) is 31.6. The molecule has 18 nitrogen and oxygen atoms in total. The molecule has 4 bridgehead atoms. The summed E-state index contributed by atoms with van der Waals surface area (Å²) < 4.78 is 49.5. The van der Waals surface area contributed by atoms with Crippen molar-refractivity contribution in [3.05, 3.63) is 107 Å². The van der Waals surface area contributed by atoms with E-state index in [2.05, 4.69) is 63.1 Å². The molecule has 14 rings (SSSR count). The van der Waals surface area contributed by atoms with Gasteiger partial charge in [0, 0.05) is 17.3 Å². The van der Waals surface area contributed by atoms with Crippen LogP contribution in [-0.4, -0.2) is 109 Å². The molecule has 0 spiro atoms. The van der Waals surface area contributed by atoms with Crippen molar-refractivity contribution in [3.8, 4) is 6.07 Å². The Kier molecular flexibility index (Phi) is 18.9.